The number of rotatable bonds is 6. The number of methoxy groups -OCH3 is 1. The molecule has 2 aromatic rings. The predicted octanol–water partition coefficient (Wildman–Crippen LogP) is 2.01. The Balaban J connectivity index is 2.20. The van der Waals surface area contributed by atoms with E-state index in [1.807, 2.05) is 0 Å². The molecule has 1 amide bonds. The van der Waals surface area contributed by atoms with E-state index in [1.54, 1.807) is 42.5 Å². The second-order valence-electron chi connectivity index (χ2n) is 4.53. The van der Waals surface area contributed by atoms with Crippen molar-refractivity contribution in [1.82, 2.24) is 0 Å². The Kier molecular flexibility index (Phi) is 4.79. The monoisotopic (exact) mass is 287 g/mol. The third-order valence-corrected chi connectivity index (χ3v) is 2.94. The van der Waals surface area contributed by atoms with Gasteiger partial charge in [0.1, 0.15) is 5.75 Å². The Morgan fingerprint density at radius 2 is 1.76 bits per heavy atom. The number of aliphatic hydroxyl groups is 1. The van der Waals surface area contributed by atoms with Crippen LogP contribution in [0.1, 0.15) is 11.1 Å². The van der Waals surface area contributed by atoms with Gasteiger partial charge in [-0.25, -0.2) is 0 Å². The van der Waals surface area contributed by atoms with Gasteiger partial charge in [-0.3, -0.25) is 4.79 Å². The molecule has 0 aromatic heterocycles. The van der Waals surface area contributed by atoms with Gasteiger partial charge < -0.3 is 20.3 Å². The molecule has 0 atom stereocenters. The summed E-state index contributed by atoms with van der Waals surface area (Å²) in [4.78, 5) is 10.9. The molecule has 0 radical (unpaired) electrons. The van der Waals surface area contributed by atoms with Crippen LogP contribution < -0.4 is 15.2 Å². The van der Waals surface area contributed by atoms with Crippen LogP contribution in [0.15, 0.2) is 42.5 Å². The van der Waals surface area contributed by atoms with Gasteiger partial charge in [-0.15, -0.1) is 0 Å². The number of ether oxygens (including phenoxy) is 2. The zero-order valence-corrected chi connectivity index (χ0v) is 11.7. The van der Waals surface area contributed by atoms with Gasteiger partial charge in [-0.1, -0.05) is 18.2 Å². The molecule has 0 fully saturated rings. The third-order valence-electron chi connectivity index (χ3n) is 2.94. The summed E-state index contributed by atoms with van der Waals surface area (Å²) in [7, 11) is 1.53. The second kappa shape index (κ2) is 6.76. The maximum absolute atomic E-state index is 10.9. The number of hydrogen-bond acceptors (Lipinski definition) is 4. The van der Waals surface area contributed by atoms with Gasteiger partial charge in [-0.05, 0) is 35.4 Å². The molecule has 0 aliphatic rings. The van der Waals surface area contributed by atoms with Crippen LogP contribution in [-0.4, -0.2) is 18.1 Å². The van der Waals surface area contributed by atoms with Gasteiger partial charge in [0, 0.05) is 0 Å². The van der Waals surface area contributed by atoms with Crippen LogP contribution in [-0.2, 0) is 17.8 Å². The third kappa shape index (κ3) is 3.97. The standard InChI is InChI=1S/C16H17NO4/c1-20-15-8-12(9-16(17)19)4-7-14(15)21-13-5-2-11(10-18)3-6-13/h2-8,18H,9-10H2,1H3,(H2,17,19). The molecule has 5 nitrogen and oxygen atoms in total. The summed E-state index contributed by atoms with van der Waals surface area (Å²) in [5.74, 6) is 1.31. The van der Waals surface area contributed by atoms with Gasteiger partial charge in [0.05, 0.1) is 20.1 Å². The highest BCUT2D eigenvalue weighted by molar-refractivity contribution is 5.76. The van der Waals surface area contributed by atoms with Crippen LogP contribution in [0.3, 0.4) is 0 Å². The minimum absolute atomic E-state index is 0.00852. The molecule has 0 spiro atoms. The van der Waals surface area contributed by atoms with Crippen molar-refractivity contribution in [1.29, 1.82) is 0 Å². The number of primary amides is 1. The first-order valence-electron chi connectivity index (χ1n) is 6.45. The van der Waals surface area contributed by atoms with E-state index >= 15 is 0 Å². The minimum atomic E-state index is -0.398. The number of hydrogen-bond donors (Lipinski definition) is 2. The van der Waals surface area contributed by atoms with E-state index < -0.39 is 5.91 Å². The molecule has 0 saturated carbocycles. The molecule has 5 heteroatoms. The molecule has 0 saturated heterocycles. The van der Waals surface area contributed by atoms with E-state index in [2.05, 4.69) is 0 Å². The lowest BCUT2D eigenvalue weighted by molar-refractivity contribution is -0.117. The van der Waals surface area contributed by atoms with Crippen molar-refractivity contribution in [2.75, 3.05) is 7.11 Å². The van der Waals surface area contributed by atoms with Gasteiger partial charge >= 0.3 is 0 Å². The molecule has 0 heterocycles. The fraction of sp³-hybridized carbons (Fsp3) is 0.188. The molecular weight excluding hydrogens is 270 g/mol. The van der Waals surface area contributed by atoms with Crippen LogP contribution in [0.4, 0.5) is 0 Å². The van der Waals surface area contributed by atoms with Gasteiger partial charge in [0.15, 0.2) is 11.5 Å². The van der Waals surface area contributed by atoms with E-state index in [0.717, 1.165) is 11.1 Å². The van der Waals surface area contributed by atoms with E-state index in [-0.39, 0.29) is 13.0 Å². The van der Waals surface area contributed by atoms with Crippen molar-refractivity contribution in [3.63, 3.8) is 0 Å². The Morgan fingerprint density at radius 1 is 1.10 bits per heavy atom. The number of aliphatic hydroxyl groups excluding tert-OH is 1. The number of carbonyl (C=O) groups is 1. The van der Waals surface area contributed by atoms with Gasteiger partial charge in [0.25, 0.3) is 0 Å². The lowest BCUT2D eigenvalue weighted by atomic mass is 10.1. The molecular formula is C16H17NO4. The molecule has 0 bridgehead atoms. The highest BCUT2D eigenvalue weighted by atomic mass is 16.5. The Morgan fingerprint density at radius 3 is 2.33 bits per heavy atom. The average molecular weight is 287 g/mol. The fourth-order valence-corrected chi connectivity index (χ4v) is 1.90. The van der Waals surface area contributed by atoms with E-state index in [9.17, 15) is 4.79 Å². The zero-order valence-electron chi connectivity index (χ0n) is 11.7. The maximum Gasteiger partial charge on any atom is 0.221 e. The van der Waals surface area contributed by atoms with Crippen molar-refractivity contribution >= 4 is 5.91 Å². The second-order valence-corrected chi connectivity index (χ2v) is 4.53. The van der Waals surface area contributed by atoms with Crippen molar-refractivity contribution in [3.8, 4) is 17.2 Å². The molecule has 2 rings (SSSR count). The van der Waals surface area contributed by atoms with Gasteiger partial charge in [0.2, 0.25) is 5.91 Å². The Bertz CT molecular complexity index is 623. The largest absolute Gasteiger partial charge is 0.493 e. The summed E-state index contributed by atoms with van der Waals surface area (Å²) in [6.07, 6.45) is 0.155. The van der Waals surface area contributed by atoms with Crippen molar-refractivity contribution in [3.05, 3.63) is 53.6 Å². The minimum Gasteiger partial charge on any atom is -0.493 e. The maximum atomic E-state index is 10.9. The van der Waals surface area contributed by atoms with E-state index in [4.69, 9.17) is 20.3 Å². The number of amides is 1. The van der Waals surface area contributed by atoms with Crippen molar-refractivity contribution < 1.29 is 19.4 Å². The molecule has 0 aliphatic heterocycles. The first-order valence-corrected chi connectivity index (χ1v) is 6.45. The topological polar surface area (TPSA) is 81.8 Å². The molecule has 0 aliphatic carbocycles. The molecule has 2 aromatic carbocycles. The zero-order chi connectivity index (χ0) is 15.2. The number of nitrogens with two attached hydrogens (primary N) is 1. The van der Waals surface area contributed by atoms with Crippen LogP contribution in [0.2, 0.25) is 0 Å². The van der Waals surface area contributed by atoms with Crippen LogP contribution in [0, 0.1) is 0 Å². The average Bonchev–Trinajstić information content (AvgIpc) is 2.49. The molecule has 0 unspecified atom stereocenters. The fourth-order valence-electron chi connectivity index (χ4n) is 1.90. The first kappa shape index (κ1) is 14.9. The SMILES string of the molecule is COc1cc(CC(N)=O)ccc1Oc1ccc(CO)cc1. The van der Waals surface area contributed by atoms with Gasteiger partial charge in [-0.2, -0.15) is 0 Å². The Hall–Kier alpha value is -2.53. The van der Waals surface area contributed by atoms with Crippen molar-refractivity contribution in [2.45, 2.75) is 13.0 Å². The Labute approximate surface area is 122 Å². The highest BCUT2D eigenvalue weighted by Crippen LogP contribution is 2.32. The summed E-state index contributed by atoms with van der Waals surface area (Å²) in [6, 6.07) is 12.3. The summed E-state index contributed by atoms with van der Waals surface area (Å²) >= 11 is 0. The molecule has 110 valence electrons. The predicted molar refractivity (Wildman–Crippen MR) is 78.3 cm³/mol. The summed E-state index contributed by atoms with van der Waals surface area (Å²) in [5, 5.41) is 9.00. The van der Waals surface area contributed by atoms with Crippen LogP contribution >= 0.6 is 0 Å². The summed E-state index contributed by atoms with van der Waals surface area (Å²) in [5.41, 5.74) is 6.75. The number of carbonyl (C=O) groups excluding carboxylic acids is 1. The summed E-state index contributed by atoms with van der Waals surface area (Å²) in [6.45, 7) is -0.00852. The highest BCUT2D eigenvalue weighted by Gasteiger charge is 2.08. The molecule has 21 heavy (non-hydrogen) atoms. The normalized spacial score (nSPS) is 10.2. The van der Waals surface area contributed by atoms with E-state index in [0.29, 0.717) is 17.2 Å². The lowest BCUT2D eigenvalue weighted by Gasteiger charge is -2.12. The lowest BCUT2D eigenvalue weighted by Crippen LogP contribution is -2.13. The number of benzene rings is 2. The summed E-state index contributed by atoms with van der Waals surface area (Å²) < 4.78 is 11.0. The molecule has 3 N–H and O–H groups in total. The van der Waals surface area contributed by atoms with Crippen molar-refractivity contribution in [2.24, 2.45) is 5.73 Å². The van der Waals surface area contributed by atoms with Crippen LogP contribution in [0.25, 0.3) is 0 Å². The van der Waals surface area contributed by atoms with E-state index in [1.165, 1.54) is 7.11 Å². The first-order chi connectivity index (χ1) is 10.1. The quantitative estimate of drug-likeness (QED) is 0.851. The van der Waals surface area contributed by atoms with Crippen LogP contribution in [0.5, 0.6) is 17.2 Å². The smallest absolute Gasteiger partial charge is 0.221 e.